The molecule has 5 heteroatoms. The second-order valence-corrected chi connectivity index (χ2v) is 4.24. The topological polar surface area (TPSA) is 44.5 Å². The molecule has 0 aliphatic rings. The van der Waals surface area contributed by atoms with E-state index in [2.05, 4.69) is 0 Å². The van der Waals surface area contributed by atoms with E-state index in [-0.39, 0.29) is 12.4 Å². The maximum Gasteiger partial charge on any atom is 0.129 e. The molecule has 0 fully saturated rings. The predicted octanol–water partition coefficient (Wildman–Crippen LogP) is 3.01. The van der Waals surface area contributed by atoms with Crippen LogP contribution < -0.4 is 15.2 Å². The molecule has 0 aromatic heterocycles. The van der Waals surface area contributed by atoms with Crippen LogP contribution in [0.15, 0.2) is 36.4 Å². The number of methoxy groups -OCH3 is 1. The molecule has 0 bridgehead atoms. The lowest BCUT2D eigenvalue weighted by Gasteiger charge is -2.10. The first-order chi connectivity index (χ1) is 9.62. The van der Waals surface area contributed by atoms with Gasteiger partial charge in [-0.05, 0) is 17.7 Å². The quantitative estimate of drug-likeness (QED) is 0.915. The van der Waals surface area contributed by atoms with E-state index in [0.29, 0.717) is 12.3 Å². The average Bonchev–Trinajstić information content (AvgIpc) is 2.43. The molecule has 0 saturated heterocycles. The first-order valence-electron chi connectivity index (χ1n) is 6.07. The molecule has 0 aliphatic heterocycles. The van der Waals surface area contributed by atoms with Gasteiger partial charge in [0.05, 0.1) is 7.11 Å². The van der Waals surface area contributed by atoms with E-state index in [4.69, 9.17) is 15.2 Å². The van der Waals surface area contributed by atoms with E-state index in [1.807, 2.05) is 12.1 Å². The summed E-state index contributed by atoms with van der Waals surface area (Å²) in [4.78, 5) is 0. The number of nitrogens with two attached hydrogens (primary N) is 1. The van der Waals surface area contributed by atoms with Gasteiger partial charge in [0, 0.05) is 30.3 Å². The molecule has 2 rings (SSSR count). The van der Waals surface area contributed by atoms with Crippen LogP contribution in [-0.4, -0.2) is 7.11 Å². The molecular weight excluding hydrogens is 264 g/mol. The molecular formula is C15H15F2NO2. The summed E-state index contributed by atoms with van der Waals surface area (Å²) in [5.74, 6) is -0.490. The molecule has 0 radical (unpaired) electrons. The van der Waals surface area contributed by atoms with Gasteiger partial charge in [0.15, 0.2) is 0 Å². The summed E-state index contributed by atoms with van der Waals surface area (Å²) in [5.41, 5.74) is 7.31. The zero-order chi connectivity index (χ0) is 14.5. The molecule has 0 atom stereocenters. The van der Waals surface area contributed by atoms with Gasteiger partial charge < -0.3 is 15.2 Å². The van der Waals surface area contributed by atoms with Crippen molar-refractivity contribution in [1.29, 1.82) is 0 Å². The van der Waals surface area contributed by atoms with Gasteiger partial charge in [0.2, 0.25) is 0 Å². The first-order valence-corrected chi connectivity index (χ1v) is 6.07. The molecule has 0 saturated carbocycles. The minimum atomic E-state index is -0.669. The maximum atomic E-state index is 13.0. The molecule has 0 unspecified atom stereocenters. The molecule has 2 aromatic rings. The Balaban J connectivity index is 2.10. The summed E-state index contributed by atoms with van der Waals surface area (Å²) >= 11 is 0. The minimum absolute atomic E-state index is 0.146. The van der Waals surface area contributed by atoms with Crippen molar-refractivity contribution < 1.29 is 18.3 Å². The third kappa shape index (κ3) is 3.45. The smallest absolute Gasteiger partial charge is 0.129 e. The van der Waals surface area contributed by atoms with Gasteiger partial charge in [-0.1, -0.05) is 6.07 Å². The normalized spacial score (nSPS) is 10.4. The van der Waals surface area contributed by atoms with Gasteiger partial charge in [-0.25, -0.2) is 8.78 Å². The molecule has 2 N–H and O–H groups in total. The fraction of sp³-hybridized carbons (Fsp3) is 0.200. The van der Waals surface area contributed by atoms with Crippen LogP contribution in [0.25, 0.3) is 0 Å². The van der Waals surface area contributed by atoms with Crippen LogP contribution in [0.5, 0.6) is 11.5 Å². The lowest BCUT2D eigenvalue weighted by Crippen LogP contribution is -2.03. The van der Waals surface area contributed by atoms with Crippen LogP contribution in [0, 0.1) is 11.6 Å². The van der Waals surface area contributed by atoms with Gasteiger partial charge in [-0.15, -0.1) is 0 Å². The van der Waals surface area contributed by atoms with Gasteiger partial charge in [0.25, 0.3) is 0 Å². The van der Waals surface area contributed by atoms with Crippen molar-refractivity contribution in [3.8, 4) is 11.5 Å². The lowest BCUT2D eigenvalue weighted by molar-refractivity contribution is 0.302. The monoisotopic (exact) mass is 279 g/mol. The summed E-state index contributed by atoms with van der Waals surface area (Å²) in [5, 5.41) is 0. The number of hydrogen-bond acceptors (Lipinski definition) is 3. The van der Waals surface area contributed by atoms with Crippen molar-refractivity contribution in [2.24, 2.45) is 5.73 Å². The molecule has 3 nitrogen and oxygen atoms in total. The van der Waals surface area contributed by atoms with Gasteiger partial charge in [0.1, 0.15) is 29.7 Å². The Labute approximate surface area is 115 Å². The molecule has 106 valence electrons. The average molecular weight is 279 g/mol. The van der Waals surface area contributed by atoms with Crippen LogP contribution in [0.4, 0.5) is 8.78 Å². The zero-order valence-electron chi connectivity index (χ0n) is 11.0. The van der Waals surface area contributed by atoms with Gasteiger partial charge >= 0.3 is 0 Å². The lowest BCUT2D eigenvalue weighted by atomic mass is 10.1. The van der Waals surface area contributed by atoms with Crippen LogP contribution in [0.3, 0.4) is 0 Å². The fourth-order valence-corrected chi connectivity index (χ4v) is 1.86. The SMILES string of the molecule is COc1ccc(COc2cc(F)cc(F)c2)cc1CN. The van der Waals surface area contributed by atoms with Crippen LogP contribution in [0.2, 0.25) is 0 Å². The Kier molecular flexibility index (Phi) is 4.53. The molecule has 0 aliphatic carbocycles. The summed E-state index contributed by atoms with van der Waals surface area (Å²) in [7, 11) is 1.57. The van der Waals surface area contributed by atoms with Crippen molar-refractivity contribution in [3.63, 3.8) is 0 Å². The molecule has 0 spiro atoms. The van der Waals surface area contributed by atoms with Crippen LogP contribution in [0.1, 0.15) is 11.1 Å². The van der Waals surface area contributed by atoms with E-state index < -0.39 is 11.6 Å². The van der Waals surface area contributed by atoms with E-state index in [9.17, 15) is 8.78 Å². The highest BCUT2D eigenvalue weighted by atomic mass is 19.1. The zero-order valence-corrected chi connectivity index (χ0v) is 11.0. The van der Waals surface area contributed by atoms with Crippen molar-refractivity contribution >= 4 is 0 Å². The number of ether oxygens (including phenoxy) is 2. The van der Waals surface area contributed by atoms with Gasteiger partial charge in [-0.2, -0.15) is 0 Å². The number of rotatable bonds is 5. The third-order valence-electron chi connectivity index (χ3n) is 2.81. The van der Waals surface area contributed by atoms with Crippen LogP contribution in [-0.2, 0) is 13.2 Å². The maximum absolute atomic E-state index is 13.0. The Hall–Kier alpha value is -2.14. The number of benzene rings is 2. The fourth-order valence-electron chi connectivity index (χ4n) is 1.86. The first kappa shape index (κ1) is 14.3. The summed E-state index contributed by atoms with van der Waals surface area (Å²) in [6.45, 7) is 0.533. The highest BCUT2D eigenvalue weighted by Crippen LogP contribution is 2.21. The van der Waals surface area contributed by atoms with Crippen molar-refractivity contribution in [3.05, 3.63) is 59.2 Å². The van der Waals surface area contributed by atoms with E-state index >= 15 is 0 Å². The largest absolute Gasteiger partial charge is 0.496 e. The van der Waals surface area contributed by atoms with Crippen molar-refractivity contribution in [2.75, 3.05) is 7.11 Å². The molecule has 0 amide bonds. The second-order valence-electron chi connectivity index (χ2n) is 4.24. The standard InChI is InChI=1S/C15H15F2NO2/c1-19-15-3-2-10(4-11(15)8-18)9-20-14-6-12(16)5-13(17)7-14/h2-7H,8-9,18H2,1H3. The Bertz CT molecular complexity index is 582. The van der Waals surface area contributed by atoms with Gasteiger partial charge in [-0.3, -0.25) is 0 Å². The highest BCUT2D eigenvalue weighted by molar-refractivity contribution is 5.37. The number of hydrogen-bond donors (Lipinski definition) is 1. The Morgan fingerprint density at radius 3 is 2.35 bits per heavy atom. The third-order valence-corrected chi connectivity index (χ3v) is 2.81. The molecule has 0 heterocycles. The van der Waals surface area contributed by atoms with Crippen molar-refractivity contribution in [1.82, 2.24) is 0 Å². The molecule has 2 aromatic carbocycles. The van der Waals surface area contributed by atoms with Crippen molar-refractivity contribution in [2.45, 2.75) is 13.2 Å². The van der Waals surface area contributed by atoms with E-state index in [0.717, 1.165) is 29.3 Å². The molecule has 20 heavy (non-hydrogen) atoms. The van der Waals surface area contributed by atoms with Crippen LogP contribution >= 0.6 is 0 Å². The summed E-state index contributed by atoms with van der Waals surface area (Å²) < 4.78 is 36.6. The highest BCUT2D eigenvalue weighted by Gasteiger charge is 2.05. The Morgan fingerprint density at radius 2 is 1.75 bits per heavy atom. The second kappa shape index (κ2) is 6.34. The predicted molar refractivity (Wildman–Crippen MR) is 71.6 cm³/mol. The summed E-state index contributed by atoms with van der Waals surface area (Å²) in [6, 6.07) is 8.51. The van der Waals surface area contributed by atoms with E-state index in [1.165, 1.54) is 0 Å². The summed E-state index contributed by atoms with van der Waals surface area (Å²) in [6.07, 6.45) is 0. The Morgan fingerprint density at radius 1 is 1.05 bits per heavy atom. The van der Waals surface area contributed by atoms with E-state index in [1.54, 1.807) is 13.2 Å². The minimum Gasteiger partial charge on any atom is -0.496 e. The number of halogens is 2.